The lowest BCUT2D eigenvalue weighted by Crippen LogP contribution is -2.37. The second-order valence-corrected chi connectivity index (χ2v) is 4.97. The van der Waals surface area contributed by atoms with Crippen LogP contribution in [-0.2, 0) is 6.54 Å². The number of carbonyl (C=O) groups excluding carboxylic acids is 1. The molecule has 0 radical (unpaired) electrons. The van der Waals surface area contributed by atoms with Crippen LogP contribution in [0.4, 0.5) is 5.69 Å². The summed E-state index contributed by atoms with van der Waals surface area (Å²) in [5, 5.41) is 12.8. The highest BCUT2D eigenvalue weighted by atomic mass is 16.6. The van der Waals surface area contributed by atoms with Crippen LogP contribution in [-0.4, -0.2) is 10.7 Å². The lowest BCUT2D eigenvalue weighted by molar-refractivity contribution is -0.681. The summed E-state index contributed by atoms with van der Waals surface area (Å²) in [7, 11) is 0. The Bertz CT molecular complexity index is 857. The second-order valence-electron chi connectivity index (χ2n) is 4.97. The first-order chi connectivity index (χ1) is 10.6. The Morgan fingerprint density at radius 3 is 2.36 bits per heavy atom. The number of nitro groups is 1. The maximum absolute atomic E-state index is 12.2. The number of carbonyl (C=O) groups is 1. The molecule has 0 unspecified atom stereocenters. The highest BCUT2D eigenvalue weighted by Gasteiger charge is 2.14. The topological polar surface area (TPSA) is 64.1 Å². The van der Waals surface area contributed by atoms with E-state index in [1.165, 1.54) is 24.3 Å². The second kappa shape index (κ2) is 5.73. The maximum Gasteiger partial charge on any atom is 0.269 e. The summed E-state index contributed by atoms with van der Waals surface area (Å²) in [5.41, 5.74) is 0.446. The summed E-state index contributed by atoms with van der Waals surface area (Å²) in [6.45, 7) is 0.197. The summed E-state index contributed by atoms with van der Waals surface area (Å²) in [4.78, 5) is 22.4. The van der Waals surface area contributed by atoms with Gasteiger partial charge in [0.2, 0.25) is 12.3 Å². The van der Waals surface area contributed by atoms with Crippen LogP contribution in [0, 0.1) is 10.1 Å². The Balaban J connectivity index is 1.81. The van der Waals surface area contributed by atoms with Crippen LogP contribution in [0.1, 0.15) is 10.4 Å². The fraction of sp³-hybridized carbons (Fsp3) is 0.0588. The predicted molar refractivity (Wildman–Crippen MR) is 81.6 cm³/mol. The summed E-state index contributed by atoms with van der Waals surface area (Å²) in [6.07, 6.45) is 3.77. The van der Waals surface area contributed by atoms with Crippen LogP contribution in [0.25, 0.3) is 10.8 Å². The van der Waals surface area contributed by atoms with Gasteiger partial charge in [-0.15, -0.1) is 0 Å². The van der Waals surface area contributed by atoms with Crippen LogP contribution in [0.3, 0.4) is 0 Å². The third kappa shape index (κ3) is 2.83. The van der Waals surface area contributed by atoms with Gasteiger partial charge in [-0.25, -0.2) is 0 Å². The van der Waals surface area contributed by atoms with Gasteiger partial charge in [0.25, 0.3) is 5.69 Å². The van der Waals surface area contributed by atoms with Crippen molar-refractivity contribution in [2.24, 2.45) is 0 Å². The molecule has 0 amide bonds. The molecular weight excluding hydrogens is 280 g/mol. The van der Waals surface area contributed by atoms with E-state index in [-0.39, 0.29) is 18.0 Å². The van der Waals surface area contributed by atoms with Gasteiger partial charge < -0.3 is 0 Å². The molecule has 0 saturated carbocycles. The van der Waals surface area contributed by atoms with E-state index in [0.29, 0.717) is 5.56 Å². The van der Waals surface area contributed by atoms with E-state index < -0.39 is 4.92 Å². The van der Waals surface area contributed by atoms with E-state index in [1.54, 1.807) is 0 Å². The molecule has 1 aromatic heterocycles. The van der Waals surface area contributed by atoms with Crippen LogP contribution in [0.15, 0.2) is 67.0 Å². The lowest BCUT2D eigenvalue weighted by Gasteiger charge is -2.00. The van der Waals surface area contributed by atoms with Crippen molar-refractivity contribution in [3.63, 3.8) is 0 Å². The third-order valence-electron chi connectivity index (χ3n) is 3.47. The van der Waals surface area contributed by atoms with Crippen molar-refractivity contribution in [3.05, 3.63) is 82.7 Å². The fourth-order valence-electron chi connectivity index (χ4n) is 2.30. The number of nitrogens with zero attached hydrogens (tertiary/aromatic N) is 2. The number of aromatic nitrogens is 1. The summed E-state index contributed by atoms with van der Waals surface area (Å²) >= 11 is 0. The molecule has 1 heterocycles. The number of Topliss-reactive ketones (excluding diaryl/α,β-unsaturated/α-hetero) is 1. The minimum atomic E-state index is -0.480. The van der Waals surface area contributed by atoms with Crippen LogP contribution in [0.2, 0.25) is 0 Å². The number of nitro benzene ring substituents is 1. The SMILES string of the molecule is O=C(C[n+]1ccc2ccccc2c1)c1ccc([N+](=O)[O-])cc1. The summed E-state index contributed by atoms with van der Waals surface area (Å²) in [6, 6.07) is 15.5. The van der Waals surface area contributed by atoms with Crippen molar-refractivity contribution < 1.29 is 14.3 Å². The van der Waals surface area contributed by atoms with Crippen molar-refractivity contribution in [1.82, 2.24) is 0 Å². The zero-order chi connectivity index (χ0) is 15.5. The largest absolute Gasteiger partial charge is 0.287 e. The van der Waals surface area contributed by atoms with Gasteiger partial charge in [-0.05, 0) is 23.6 Å². The van der Waals surface area contributed by atoms with E-state index in [1.807, 2.05) is 47.3 Å². The molecule has 3 aromatic rings. The Hall–Kier alpha value is -3.08. The molecule has 0 aliphatic carbocycles. The van der Waals surface area contributed by atoms with Crippen LogP contribution < -0.4 is 4.57 Å². The van der Waals surface area contributed by atoms with Gasteiger partial charge in [0.1, 0.15) is 0 Å². The van der Waals surface area contributed by atoms with Gasteiger partial charge in [-0.1, -0.05) is 18.2 Å². The van der Waals surface area contributed by atoms with Gasteiger partial charge in [0.05, 0.1) is 4.92 Å². The van der Waals surface area contributed by atoms with Crippen molar-refractivity contribution in [3.8, 4) is 0 Å². The Labute approximate surface area is 126 Å². The van der Waals surface area contributed by atoms with Gasteiger partial charge in [0.15, 0.2) is 12.4 Å². The number of fused-ring (bicyclic) bond motifs is 1. The molecule has 5 nitrogen and oxygen atoms in total. The number of hydrogen-bond acceptors (Lipinski definition) is 3. The van der Waals surface area contributed by atoms with Gasteiger partial charge in [-0.2, -0.15) is 4.57 Å². The molecule has 0 atom stereocenters. The molecule has 22 heavy (non-hydrogen) atoms. The molecule has 0 aliphatic rings. The summed E-state index contributed by atoms with van der Waals surface area (Å²) in [5.74, 6) is -0.0878. The number of hydrogen-bond donors (Lipinski definition) is 0. The van der Waals surface area contributed by atoms with Gasteiger partial charge in [-0.3, -0.25) is 14.9 Å². The molecule has 2 aromatic carbocycles. The molecule has 0 saturated heterocycles. The first-order valence-corrected chi connectivity index (χ1v) is 6.79. The van der Waals surface area contributed by atoms with E-state index >= 15 is 0 Å². The zero-order valence-corrected chi connectivity index (χ0v) is 11.7. The first kappa shape index (κ1) is 13.9. The smallest absolute Gasteiger partial charge is 0.269 e. The number of ketones is 1. The normalized spacial score (nSPS) is 10.5. The molecule has 3 rings (SSSR count). The minimum absolute atomic E-state index is 0.0186. The lowest BCUT2D eigenvalue weighted by atomic mass is 10.1. The quantitative estimate of drug-likeness (QED) is 0.321. The van der Waals surface area contributed by atoms with E-state index in [0.717, 1.165) is 10.8 Å². The standard InChI is InChI=1S/C17H13N2O3/c20-17(14-5-7-16(8-6-14)19(21)22)12-18-10-9-13-3-1-2-4-15(13)11-18/h1-11H,12H2/q+1. The molecule has 5 heteroatoms. The number of rotatable bonds is 4. The van der Waals surface area contributed by atoms with Crippen molar-refractivity contribution in [2.75, 3.05) is 0 Å². The third-order valence-corrected chi connectivity index (χ3v) is 3.47. The minimum Gasteiger partial charge on any atom is -0.287 e. The van der Waals surface area contributed by atoms with Crippen molar-refractivity contribution in [1.29, 1.82) is 0 Å². The average Bonchev–Trinajstić information content (AvgIpc) is 2.55. The Morgan fingerprint density at radius 1 is 1.00 bits per heavy atom. The average molecular weight is 293 g/mol. The van der Waals surface area contributed by atoms with Gasteiger partial charge >= 0.3 is 0 Å². The maximum atomic E-state index is 12.2. The zero-order valence-electron chi connectivity index (χ0n) is 11.7. The van der Waals surface area contributed by atoms with Gasteiger partial charge in [0, 0.05) is 29.1 Å². The number of pyridine rings is 1. The molecule has 0 bridgehead atoms. The number of benzene rings is 2. The first-order valence-electron chi connectivity index (χ1n) is 6.79. The fourth-order valence-corrected chi connectivity index (χ4v) is 2.30. The van der Waals surface area contributed by atoms with Crippen LogP contribution in [0.5, 0.6) is 0 Å². The molecular formula is C17H13N2O3+. The molecule has 108 valence electrons. The van der Waals surface area contributed by atoms with E-state index in [4.69, 9.17) is 0 Å². The van der Waals surface area contributed by atoms with Crippen molar-refractivity contribution >= 4 is 22.2 Å². The van der Waals surface area contributed by atoms with Crippen LogP contribution >= 0.6 is 0 Å². The molecule has 0 aliphatic heterocycles. The van der Waals surface area contributed by atoms with E-state index in [2.05, 4.69) is 0 Å². The molecule has 0 fully saturated rings. The molecule has 0 N–H and O–H groups in total. The Kier molecular flexibility index (Phi) is 3.62. The predicted octanol–water partition coefficient (Wildman–Crippen LogP) is 2.92. The molecule has 0 spiro atoms. The monoisotopic (exact) mass is 293 g/mol. The number of non-ortho nitro benzene ring substituents is 1. The van der Waals surface area contributed by atoms with Crippen molar-refractivity contribution in [2.45, 2.75) is 6.54 Å². The van der Waals surface area contributed by atoms with E-state index in [9.17, 15) is 14.9 Å². The highest BCUT2D eigenvalue weighted by molar-refractivity contribution is 5.95. The Morgan fingerprint density at radius 2 is 1.68 bits per heavy atom. The highest BCUT2D eigenvalue weighted by Crippen LogP contribution is 2.13. The summed E-state index contributed by atoms with van der Waals surface area (Å²) < 4.78 is 1.81.